The van der Waals surface area contributed by atoms with Crippen molar-refractivity contribution in [2.45, 2.75) is 18.9 Å². The molecule has 0 bridgehead atoms. The lowest BCUT2D eigenvalue weighted by atomic mass is 10.1. The SMILES string of the molecule is Nc1ccc(-c2ccc(OC3CC3)cc2)nc1. The second kappa shape index (κ2) is 4.09. The molecule has 0 saturated heterocycles. The molecule has 2 aromatic rings. The Morgan fingerprint density at radius 2 is 1.82 bits per heavy atom. The van der Waals surface area contributed by atoms with E-state index in [2.05, 4.69) is 4.98 Å². The van der Waals surface area contributed by atoms with Gasteiger partial charge in [0.15, 0.2) is 0 Å². The van der Waals surface area contributed by atoms with Crippen molar-refractivity contribution in [3.63, 3.8) is 0 Å². The Balaban J connectivity index is 1.80. The molecule has 1 aliphatic carbocycles. The molecule has 1 aromatic heterocycles. The van der Waals surface area contributed by atoms with Crippen LogP contribution >= 0.6 is 0 Å². The largest absolute Gasteiger partial charge is 0.490 e. The fourth-order valence-electron chi connectivity index (χ4n) is 1.66. The number of nitrogens with zero attached hydrogens (tertiary/aromatic N) is 1. The van der Waals surface area contributed by atoms with Gasteiger partial charge in [-0.3, -0.25) is 4.98 Å². The minimum absolute atomic E-state index is 0.440. The number of aromatic nitrogens is 1. The topological polar surface area (TPSA) is 48.1 Å². The first-order chi connectivity index (χ1) is 8.31. The number of ether oxygens (including phenoxy) is 1. The van der Waals surface area contributed by atoms with E-state index in [9.17, 15) is 0 Å². The maximum atomic E-state index is 5.69. The second-order valence-corrected chi connectivity index (χ2v) is 4.32. The molecule has 17 heavy (non-hydrogen) atoms. The van der Waals surface area contributed by atoms with Gasteiger partial charge in [0.1, 0.15) is 5.75 Å². The standard InChI is InChI=1S/C14H14N2O/c15-11-3-8-14(16-9-11)10-1-4-12(5-2-10)17-13-6-7-13/h1-5,8-9,13H,6-7,15H2. The molecule has 0 amide bonds. The molecule has 2 N–H and O–H groups in total. The van der Waals surface area contributed by atoms with E-state index in [0.717, 1.165) is 17.0 Å². The monoisotopic (exact) mass is 226 g/mol. The molecule has 0 unspecified atom stereocenters. The lowest BCUT2D eigenvalue weighted by Gasteiger charge is -2.05. The summed E-state index contributed by atoms with van der Waals surface area (Å²) in [7, 11) is 0. The number of rotatable bonds is 3. The van der Waals surface area contributed by atoms with Crippen LogP contribution < -0.4 is 10.5 Å². The minimum atomic E-state index is 0.440. The normalized spacial score (nSPS) is 14.6. The van der Waals surface area contributed by atoms with Gasteiger partial charge in [-0.2, -0.15) is 0 Å². The summed E-state index contributed by atoms with van der Waals surface area (Å²) in [4.78, 5) is 4.29. The number of hydrogen-bond acceptors (Lipinski definition) is 3. The first kappa shape index (κ1) is 10.1. The predicted molar refractivity (Wildman–Crippen MR) is 67.7 cm³/mol. The third-order valence-corrected chi connectivity index (χ3v) is 2.76. The zero-order valence-electron chi connectivity index (χ0n) is 9.47. The van der Waals surface area contributed by atoms with E-state index in [-0.39, 0.29) is 0 Å². The average Bonchev–Trinajstić information content (AvgIpc) is 3.15. The molecule has 0 radical (unpaired) electrons. The molecule has 0 spiro atoms. The van der Waals surface area contributed by atoms with Crippen LogP contribution in [0.4, 0.5) is 5.69 Å². The molecule has 1 heterocycles. The number of benzene rings is 1. The molecule has 0 aliphatic heterocycles. The first-order valence-electron chi connectivity index (χ1n) is 5.80. The molecular weight excluding hydrogens is 212 g/mol. The Labute approximate surface area is 100 Å². The van der Waals surface area contributed by atoms with E-state index in [1.807, 2.05) is 36.4 Å². The maximum absolute atomic E-state index is 5.69. The van der Waals surface area contributed by atoms with E-state index in [1.165, 1.54) is 12.8 Å². The summed E-state index contributed by atoms with van der Waals surface area (Å²) in [6.07, 6.45) is 4.47. The van der Waals surface area contributed by atoms with E-state index in [0.29, 0.717) is 11.8 Å². The molecule has 86 valence electrons. The van der Waals surface area contributed by atoms with Crippen molar-refractivity contribution < 1.29 is 4.74 Å². The van der Waals surface area contributed by atoms with Crippen LogP contribution in [0, 0.1) is 0 Å². The van der Waals surface area contributed by atoms with E-state index < -0.39 is 0 Å². The summed E-state index contributed by atoms with van der Waals surface area (Å²) in [6.45, 7) is 0. The van der Waals surface area contributed by atoms with Gasteiger partial charge in [-0.1, -0.05) is 0 Å². The molecule has 3 heteroatoms. The van der Waals surface area contributed by atoms with Gasteiger partial charge in [0, 0.05) is 5.56 Å². The van der Waals surface area contributed by atoms with Crippen molar-refractivity contribution >= 4 is 5.69 Å². The van der Waals surface area contributed by atoms with Crippen molar-refractivity contribution in [3.8, 4) is 17.0 Å². The van der Waals surface area contributed by atoms with Crippen molar-refractivity contribution in [1.29, 1.82) is 0 Å². The van der Waals surface area contributed by atoms with Gasteiger partial charge in [-0.05, 0) is 49.2 Å². The van der Waals surface area contributed by atoms with Crippen LogP contribution in [0.2, 0.25) is 0 Å². The maximum Gasteiger partial charge on any atom is 0.119 e. The summed E-state index contributed by atoms with van der Waals surface area (Å²) in [5, 5.41) is 0. The van der Waals surface area contributed by atoms with Gasteiger partial charge in [0.05, 0.1) is 23.7 Å². The zero-order valence-corrected chi connectivity index (χ0v) is 9.47. The molecule has 0 atom stereocenters. The van der Waals surface area contributed by atoms with E-state index in [1.54, 1.807) is 6.20 Å². The third kappa shape index (κ3) is 2.38. The number of nitrogens with two attached hydrogens (primary N) is 1. The number of hydrogen-bond donors (Lipinski definition) is 1. The van der Waals surface area contributed by atoms with E-state index >= 15 is 0 Å². The van der Waals surface area contributed by atoms with Crippen LogP contribution in [0.1, 0.15) is 12.8 Å². The summed E-state index contributed by atoms with van der Waals surface area (Å²) in [5.41, 5.74) is 8.30. The highest BCUT2D eigenvalue weighted by Gasteiger charge is 2.23. The quantitative estimate of drug-likeness (QED) is 0.875. The van der Waals surface area contributed by atoms with Crippen LogP contribution in [0.25, 0.3) is 11.3 Å². The van der Waals surface area contributed by atoms with Crippen LogP contribution in [-0.2, 0) is 0 Å². The summed E-state index contributed by atoms with van der Waals surface area (Å²) < 4.78 is 5.69. The van der Waals surface area contributed by atoms with Crippen LogP contribution in [0.5, 0.6) is 5.75 Å². The molecule has 1 aliphatic rings. The molecular formula is C14H14N2O. The number of anilines is 1. The Morgan fingerprint density at radius 1 is 1.06 bits per heavy atom. The van der Waals surface area contributed by atoms with Crippen LogP contribution in [0.15, 0.2) is 42.6 Å². The summed E-state index contributed by atoms with van der Waals surface area (Å²) >= 11 is 0. The Hall–Kier alpha value is -2.03. The van der Waals surface area contributed by atoms with Crippen molar-refractivity contribution in [2.24, 2.45) is 0 Å². The molecule has 1 aromatic carbocycles. The molecule has 1 saturated carbocycles. The molecule has 1 fully saturated rings. The van der Waals surface area contributed by atoms with Crippen LogP contribution in [0.3, 0.4) is 0 Å². The average molecular weight is 226 g/mol. The Bertz CT molecular complexity index is 501. The van der Waals surface area contributed by atoms with Crippen molar-refractivity contribution in [2.75, 3.05) is 5.73 Å². The van der Waals surface area contributed by atoms with Crippen molar-refractivity contribution in [1.82, 2.24) is 4.98 Å². The van der Waals surface area contributed by atoms with Crippen LogP contribution in [-0.4, -0.2) is 11.1 Å². The minimum Gasteiger partial charge on any atom is -0.490 e. The molecule has 3 nitrogen and oxygen atoms in total. The highest BCUT2D eigenvalue weighted by molar-refractivity contribution is 5.61. The fraction of sp³-hybridized carbons (Fsp3) is 0.214. The predicted octanol–water partition coefficient (Wildman–Crippen LogP) is 2.87. The smallest absolute Gasteiger partial charge is 0.119 e. The number of pyridine rings is 1. The third-order valence-electron chi connectivity index (χ3n) is 2.76. The zero-order chi connectivity index (χ0) is 11.7. The highest BCUT2D eigenvalue weighted by Crippen LogP contribution is 2.28. The fourth-order valence-corrected chi connectivity index (χ4v) is 1.66. The Kier molecular flexibility index (Phi) is 2.44. The van der Waals surface area contributed by atoms with Crippen molar-refractivity contribution in [3.05, 3.63) is 42.6 Å². The van der Waals surface area contributed by atoms with Gasteiger partial charge >= 0.3 is 0 Å². The highest BCUT2D eigenvalue weighted by atomic mass is 16.5. The van der Waals surface area contributed by atoms with Gasteiger partial charge in [-0.15, -0.1) is 0 Å². The summed E-state index contributed by atoms with van der Waals surface area (Å²) in [5.74, 6) is 0.937. The lowest BCUT2D eigenvalue weighted by molar-refractivity contribution is 0.303. The van der Waals surface area contributed by atoms with E-state index in [4.69, 9.17) is 10.5 Å². The second-order valence-electron chi connectivity index (χ2n) is 4.32. The molecule has 3 rings (SSSR count). The van der Waals surface area contributed by atoms with Gasteiger partial charge in [-0.25, -0.2) is 0 Å². The lowest BCUT2D eigenvalue weighted by Crippen LogP contribution is -1.95. The number of nitrogen functional groups attached to an aromatic ring is 1. The Morgan fingerprint density at radius 3 is 2.41 bits per heavy atom. The summed E-state index contributed by atoms with van der Waals surface area (Å²) in [6, 6.07) is 11.8. The van der Waals surface area contributed by atoms with Gasteiger partial charge in [0.2, 0.25) is 0 Å². The van der Waals surface area contributed by atoms with Gasteiger partial charge < -0.3 is 10.5 Å². The first-order valence-corrected chi connectivity index (χ1v) is 5.80. The van der Waals surface area contributed by atoms with Gasteiger partial charge in [0.25, 0.3) is 0 Å².